The molecule has 1 atom stereocenters. The maximum Gasteiger partial charge on any atom is 0.226 e. The lowest BCUT2D eigenvalue weighted by Crippen LogP contribution is -2.52. The first-order valence-electron chi connectivity index (χ1n) is 13.4. The van der Waals surface area contributed by atoms with Crippen LogP contribution in [0.15, 0.2) is 12.2 Å². The molecule has 0 radical (unpaired) electrons. The topological polar surface area (TPSA) is 40.6 Å². The fourth-order valence-corrected chi connectivity index (χ4v) is 6.79. The van der Waals surface area contributed by atoms with Crippen LogP contribution in [0, 0.1) is 11.8 Å². The van der Waals surface area contributed by atoms with Crippen LogP contribution in [0.1, 0.15) is 109 Å². The van der Waals surface area contributed by atoms with E-state index in [2.05, 4.69) is 22.0 Å². The van der Waals surface area contributed by atoms with Gasteiger partial charge in [0.05, 0.1) is 0 Å². The molecular weight excluding hydrogens is 384 g/mol. The quantitative estimate of drug-likeness (QED) is 0.515. The van der Waals surface area contributed by atoms with Gasteiger partial charge < -0.3 is 9.80 Å². The van der Waals surface area contributed by atoms with E-state index in [9.17, 15) is 9.59 Å². The summed E-state index contributed by atoms with van der Waals surface area (Å²) in [5, 5.41) is 0. The molecule has 0 aromatic heterocycles. The summed E-state index contributed by atoms with van der Waals surface area (Å²) in [6, 6.07) is 1.21. The van der Waals surface area contributed by atoms with E-state index in [4.69, 9.17) is 0 Å². The van der Waals surface area contributed by atoms with Gasteiger partial charge in [-0.1, -0.05) is 50.7 Å². The first-order valence-corrected chi connectivity index (χ1v) is 13.4. The summed E-state index contributed by atoms with van der Waals surface area (Å²) in [6.07, 6.45) is 23.9. The molecule has 0 saturated heterocycles. The average Bonchev–Trinajstić information content (AvgIpc) is 2.85. The summed E-state index contributed by atoms with van der Waals surface area (Å²) in [4.78, 5) is 31.2. The molecule has 0 aromatic rings. The summed E-state index contributed by atoms with van der Waals surface area (Å²) >= 11 is 0. The Morgan fingerprint density at radius 1 is 0.613 bits per heavy atom. The predicted octanol–water partition coefficient (Wildman–Crippen LogP) is 5.85. The van der Waals surface area contributed by atoms with Crippen molar-refractivity contribution in [2.24, 2.45) is 11.8 Å². The Morgan fingerprint density at radius 2 is 1.23 bits per heavy atom. The highest BCUT2D eigenvalue weighted by molar-refractivity contribution is 5.80. The largest absolute Gasteiger partial charge is 0.343 e. The highest BCUT2D eigenvalue weighted by atomic mass is 16.2. The molecule has 174 valence electrons. The number of amides is 2. The number of carbonyl (C=O) groups excluding carboxylic acids is 2. The normalized spacial score (nSPS) is 30.7. The molecule has 4 nitrogen and oxygen atoms in total. The van der Waals surface area contributed by atoms with Crippen LogP contribution in [-0.2, 0) is 9.59 Å². The van der Waals surface area contributed by atoms with Crippen molar-refractivity contribution in [1.29, 1.82) is 0 Å². The van der Waals surface area contributed by atoms with Gasteiger partial charge in [0.25, 0.3) is 0 Å². The van der Waals surface area contributed by atoms with E-state index < -0.39 is 0 Å². The van der Waals surface area contributed by atoms with Gasteiger partial charge >= 0.3 is 0 Å². The Kier molecular flexibility index (Phi) is 8.12. The second-order valence-electron chi connectivity index (χ2n) is 10.8. The van der Waals surface area contributed by atoms with E-state index in [0.717, 1.165) is 57.8 Å². The zero-order valence-electron chi connectivity index (χ0n) is 19.8. The van der Waals surface area contributed by atoms with Crippen LogP contribution < -0.4 is 0 Å². The molecule has 0 bridgehead atoms. The fraction of sp³-hybridized carbons (Fsp3) is 0.852. The maximum atomic E-state index is 13.8. The van der Waals surface area contributed by atoms with Crippen LogP contribution >= 0.6 is 0 Å². The lowest BCUT2D eigenvalue weighted by molar-refractivity contribution is -0.144. The summed E-state index contributed by atoms with van der Waals surface area (Å²) < 4.78 is 0. The van der Waals surface area contributed by atoms with Crippen LogP contribution in [0.5, 0.6) is 0 Å². The summed E-state index contributed by atoms with van der Waals surface area (Å²) in [5.74, 6) is 1.22. The van der Waals surface area contributed by atoms with Gasteiger partial charge in [-0.3, -0.25) is 9.59 Å². The molecule has 4 aliphatic rings. The van der Waals surface area contributed by atoms with Gasteiger partial charge in [-0.25, -0.2) is 0 Å². The van der Waals surface area contributed by atoms with Gasteiger partial charge in [-0.05, 0) is 70.6 Å². The third-order valence-electron chi connectivity index (χ3n) is 8.75. The number of hydrogen-bond donors (Lipinski definition) is 0. The lowest BCUT2D eigenvalue weighted by atomic mass is 9.81. The van der Waals surface area contributed by atoms with E-state index in [1.54, 1.807) is 0 Å². The third-order valence-corrected chi connectivity index (χ3v) is 8.75. The number of hydrogen-bond acceptors (Lipinski definition) is 2. The zero-order chi connectivity index (χ0) is 21.6. The van der Waals surface area contributed by atoms with Crippen LogP contribution in [-0.4, -0.2) is 46.8 Å². The Bertz CT molecular complexity index is 625. The fourth-order valence-electron chi connectivity index (χ4n) is 6.79. The minimum absolute atomic E-state index is 0.169. The molecule has 4 heteroatoms. The van der Waals surface area contributed by atoms with Crippen molar-refractivity contribution in [3.05, 3.63) is 12.2 Å². The van der Waals surface area contributed by atoms with E-state index >= 15 is 0 Å². The second kappa shape index (κ2) is 11.0. The Balaban J connectivity index is 1.35. The Morgan fingerprint density at radius 3 is 1.84 bits per heavy atom. The summed E-state index contributed by atoms with van der Waals surface area (Å²) in [6.45, 7) is 0. The SMILES string of the molecule is CN(C(=O)C1CCCCC1)C1CCC(C(=O)N(C2CC=CCC2)C2CCCCC2)CC1. The van der Waals surface area contributed by atoms with Crippen molar-refractivity contribution in [3.63, 3.8) is 0 Å². The van der Waals surface area contributed by atoms with Crippen molar-refractivity contribution in [3.8, 4) is 0 Å². The van der Waals surface area contributed by atoms with Crippen LogP contribution in [0.2, 0.25) is 0 Å². The Labute approximate surface area is 189 Å². The molecule has 0 heterocycles. The minimum atomic E-state index is 0.169. The van der Waals surface area contributed by atoms with Gasteiger partial charge in [0.2, 0.25) is 11.8 Å². The zero-order valence-corrected chi connectivity index (χ0v) is 19.8. The average molecular weight is 429 g/mol. The van der Waals surface area contributed by atoms with Crippen molar-refractivity contribution in [2.45, 2.75) is 127 Å². The second-order valence-corrected chi connectivity index (χ2v) is 10.8. The van der Waals surface area contributed by atoms with Crippen molar-refractivity contribution >= 4 is 11.8 Å². The molecular formula is C27H44N2O2. The molecule has 1 unspecified atom stereocenters. The first-order chi connectivity index (χ1) is 15.1. The van der Waals surface area contributed by atoms with Crippen molar-refractivity contribution in [1.82, 2.24) is 9.80 Å². The molecule has 3 fully saturated rings. The van der Waals surface area contributed by atoms with Crippen molar-refractivity contribution in [2.75, 3.05) is 7.05 Å². The molecule has 3 saturated carbocycles. The Hall–Kier alpha value is -1.32. The summed E-state index contributed by atoms with van der Waals surface area (Å²) in [5.41, 5.74) is 0. The molecule has 31 heavy (non-hydrogen) atoms. The monoisotopic (exact) mass is 428 g/mol. The number of allylic oxidation sites excluding steroid dienone is 1. The molecule has 0 N–H and O–H groups in total. The maximum absolute atomic E-state index is 13.8. The standard InChI is InChI=1S/C27H44N2O2/c1-28(26(30)21-11-5-2-6-12-21)23-19-17-22(18-20-23)27(31)29(24-13-7-3-8-14-24)25-15-9-4-10-16-25/h3,7,21-25H,2,4-6,8-20H2,1H3. The smallest absolute Gasteiger partial charge is 0.226 e. The van der Waals surface area contributed by atoms with Crippen molar-refractivity contribution < 1.29 is 9.59 Å². The van der Waals surface area contributed by atoms with Gasteiger partial charge in [0.1, 0.15) is 0 Å². The third kappa shape index (κ3) is 5.54. The first kappa shape index (κ1) is 22.9. The highest BCUT2D eigenvalue weighted by Crippen LogP contribution is 2.35. The van der Waals surface area contributed by atoms with Gasteiger partial charge in [-0.15, -0.1) is 0 Å². The molecule has 0 aromatic carbocycles. The molecule has 4 aliphatic carbocycles. The van der Waals surface area contributed by atoms with Crippen LogP contribution in [0.3, 0.4) is 0 Å². The van der Waals surface area contributed by atoms with E-state index in [0.29, 0.717) is 29.9 Å². The summed E-state index contributed by atoms with van der Waals surface area (Å²) in [7, 11) is 2.02. The minimum Gasteiger partial charge on any atom is -0.343 e. The number of rotatable bonds is 5. The van der Waals surface area contributed by atoms with Gasteiger partial charge in [-0.2, -0.15) is 0 Å². The van der Waals surface area contributed by atoms with Crippen LogP contribution in [0.25, 0.3) is 0 Å². The lowest BCUT2D eigenvalue weighted by Gasteiger charge is -2.44. The predicted molar refractivity (Wildman–Crippen MR) is 126 cm³/mol. The molecule has 0 aliphatic heterocycles. The van der Waals surface area contributed by atoms with E-state index in [1.165, 1.54) is 51.4 Å². The van der Waals surface area contributed by atoms with E-state index in [-0.39, 0.29) is 11.8 Å². The van der Waals surface area contributed by atoms with Gasteiger partial charge in [0, 0.05) is 37.0 Å². The molecule has 0 spiro atoms. The van der Waals surface area contributed by atoms with E-state index in [1.807, 2.05) is 7.05 Å². The molecule has 2 amide bonds. The number of carbonyl (C=O) groups is 2. The molecule has 4 rings (SSSR count). The highest BCUT2D eigenvalue weighted by Gasteiger charge is 2.38. The number of nitrogens with zero attached hydrogens (tertiary/aromatic N) is 2. The van der Waals surface area contributed by atoms with Gasteiger partial charge in [0.15, 0.2) is 0 Å². The van der Waals surface area contributed by atoms with Crippen LogP contribution in [0.4, 0.5) is 0 Å².